The van der Waals surface area contributed by atoms with Crippen LogP contribution in [0.2, 0.25) is 0 Å². The quantitative estimate of drug-likeness (QED) is 0.759. The maximum Gasteiger partial charge on any atom is 0.251 e. The van der Waals surface area contributed by atoms with Gasteiger partial charge in [-0.3, -0.25) is 9.59 Å². The molecular formula is C15H17N3O4S. The zero-order valence-corrected chi connectivity index (χ0v) is 13.4. The zero-order chi connectivity index (χ0) is 17.1. The molecule has 0 saturated heterocycles. The van der Waals surface area contributed by atoms with E-state index in [-0.39, 0.29) is 0 Å². The third kappa shape index (κ3) is 4.79. The van der Waals surface area contributed by atoms with Gasteiger partial charge in [-0.2, -0.15) is 5.26 Å². The van der Waals surface area contributed by atoms with Crippen LogP contribution in [0.3, 0.4) is 0 Å². The summed E-state index contributed by atoms with van der Waals surface area (Å²) in [5, 5.41) is 14.0. The number of carbonyl (C=O) groups excluding carboxylic acids is 2. The largest absolute Gasteiger partial charge is 0.339 e. The Morgan fingerprint density at radius 1 is 1.30 bits per heavy atom. The molecule has 1 atom stereocenters. The summed E-state index contributed by atoms with van der Waals surface area (Å²) in [6, 6.07) is 8.92. The predicted molar refractivity (Wildman–Crippen MR) is 83.1 cm³/mol. The van der Waals surface area contributed by atoms with Crippen molar-refractivity contribution in [3.63, 3.8) is 0 Å². The molecule has 0 spiro atoms. The third-order valence-corrected chi connectivity index (χ3v) is 4.39. The SMILES string of the molecule is CS(=O)(=O)C[C@H](NC(=O)c1ccccc1)C(=O)NC1(C#N)CC1. The highest BCUT2D eigenvalue weighted by molar-refractivity contribution is 7.90. The molecule has 0 aromatic heterocycles. The lowest BCUT2D eigenvalue weighted by atomic mass is 10.2. The normalized spacial score (nSPS) is 16.7. The Balaban J connectivity index is 2.12. The van der Waals surface area contributed by atoms with Gasteiger partial charge in [-0.15, -0.1) is 0 Å². The number of hydrogen-bond donors (Lipinski definition) is 2. The van der Waals surface area contributed by atoms with E-state index in [0.717, 1.165) is 6.26 Å². The number of nitrogens with zero attached hydrogens (tertiary/aromatic N) is 1. The summed E-state index contributed by atoms with van der Waals surface area (Å²) in [5.41, 5.74) is -0.607. The average molecular weight is 335 g/mol. The maximum absolute atomic E-state index is 12.3. The van der Waals surface area contributed by atoms with Gasteiger partial charge in [0.05, 0.1) is 11.8 Å². The van der Waals surface area contributed by atoms with E-state index in [1.807, 2.05) is 6.07 Å². The Hall–Kier alpha value is -2.40. The van der Waals surface area contributed by atoms with Crippen molar-refractivity contribution in [3.8, 4) is 6.07 Å². The van der Waals surface area contributed by atoms with Gasteiger partial charge in [-0.1, -0.05) is 18.2 Å². The van der Waals surface area contributed by atoms with Crippen LogP contribution in [-0.2, 0) is 14.6 Å². The Bertz CT molecular complexity index is 749. The van der Waals surface area contributed by atoms with Gasteiger partial charge in [0.25, 0.3) is 5.91 Å². The Labute approximate surface area is 134 Å². The van der Waals surface area contributed by atoms with Gasteiger partial charge in [-0.05, 0) is 25.0 Å². The summed E-state index contributed by atoms with van der Waals surface area (Å²) in [4.78, 5) is 24.4. The molecule has 122 valence electrons. The first kappa shape index (κ1) is 17.0. The minimum Gasteiger partial charge on any atom is -0.339 e. The minimum absolute atomic E-state index is 0.320. The molecule has 1 saturated carbocycles. The molecule has 0 unspecified atom stereocenters. The first-order chi connectivity index (χ1) is 10.7. The molecule has 1 aliphatic rings. The molecule has 1 fully saturated rings. The van der Waals surface area contributed by atoms with Crippen LogP contribution in [0.25, 0.3) is 0 Å². The van der Waals surface area contributed by atoms with E-state index >= 15 is 0 Å². The van der Waals surface area contributed by atoms with E-state index < -0.39 is 39.0 Å². The summed E-state index contributed by atoms with van der Waals surface area (Å²) < 4.78 is 23.0. The van der Waals surface area contributed by atoms with Crippen molar-refractivity contribution in [2.24, 2.45) is 0 Å². The second-order valence-corrected chi connectivity index (χ2v) is 7.85. The summed E-state index contributed by atoms with van der Waals surface area (Å²) in [6.45, 7) is 0. The molecule has 0 radical (unpaired) electrons. The lowest BCUT2D eigenvalue weighted by molar-refractivity contribution is -0.123. The number of rotatable bonds is 6. The smallest absolute Gasteiger partial charge is 0.251 e. The highest BCUT2D eigenvalue weighted by Gasteiger charge is 2.46. The van der Waals surface area contributed by atoms with Crippen molar-refractivity contribution in [1.82, 2.24) is 10.6 Å². The molecule has 2 amide bonds. The maximum atomic E-state index is 12.3. The molecule has 1 aromatic carbocycles. The fraction of sp³-hybridized carbons (Fsp3) is 0.400. The Morgan fingerprint density at radius 2 is 1.91 bits per heavy atom. The summed E-state index contributed by atoms with van der Waals surface area (Å²) in [6.07, 6.45) is 2.03. The molecule has 0 heterocycles. The number of sulfone groups is 1. The standard InChI is InChI=1S/C15H17N3O4S/c1-23(21,22)9-12(14(20)18-15(10-16)7-8-15)17-13(19)11-5-3-2-4-6-11/h2-6,12H,7-9H2,1H3,(H,17,19)(H,18,20)/t12-/m0/s1. The topological polar surface area (TPSA) is 116 Å². The molecule has 7 nitrogen and oxygen atoms in total. The van der Waals surface area contributed by atoms with Gasteiger partial charge in [0, 0.05) is 11.8 Å². The third-order valence-electron chi connectivity index (χ3n) is 3.45. The van der Waals surface area contributed by atoms with Crippen LogP contribution in [0, 0.1) is 11.3 Å². The monoisotopic (exact) mass is 335 g/mol. The van der Waals surface area contributed by atoms with Crippen molar-refractivity contribution in [1.29, 1.82) is 5.26 Å². The summed E-state index contributed by atoms with van der Waals surface area (Å²) >= 11 is 0. The van der Waals surface area contributed by atoms with E-state index in [4.69, 9.17) is 5.26 Å². The lowest BCUT2D eigenvalue weighted by Gasteiger charge is -2.19. The van der Waals surface area contributed by atoms with Gasteiger partial charge in [0.15, 0.2) is 0 Å². The number of hydrogen-bond acceptors (Lipinski definition) is 5. The van der Waals surface area contributed by atoms with Crippen molar-refractivity contribution < 1.29 is 18.0 Å². The second-order valence-electron chi connectivity index (χ2n) is 5.67. The van der Waals surface area contributed by atoms with Gasteiger partial charge < -0.3 is 10.6 Å². The molecule has 8 heteroatoms. The fourth-order valence-corrected chi connectivity index (χ4v) is 2.87. The van der Waals surface area contributed by atoms with Crippen LogP contribution in [-0.4, -0.2) is 43.8 Å². The van der Waals surface area contributed by atoms with Crippen molar-refractivity contribution in [2.45, 2.75) is 24.4 Å². The predicted octanol–water partition coefficient (Wildman–Crippen LogP) is 0.00198. The average Bonchev–Trinajstić information content (AvgIpc) is 3.26. The first-order valence-corrected chi connectivity index (χ1v) is 9.08. The van der Waals surface area contributed by atoms with Crippen molar-refractivity contribution >= 4 is 21.7 Å². The number of benzene rings is 1. The second kappa shape index (κ2) is 6.38. The van der Waals surface area contributed by atoms with Gasteiger partial charge >= 0.3 is 0 Å². The van der Waals surface area contributed by atoms with E-state index in [9.17, 15) is 18.0 Å². The summed E-state index contributed by atoms with van der Waals surface area (Å²) in [5.74, 6) is -1.74. The molecule has 1 aromatic rings. The Morgan fingerprint density at radius 3 is 2.39 bits per heavy atom. The molecule has 2 N–H and O–H groups in total. The van der Waals surface area contributed by atoms with Crippen LogP contribution >= 0.6 is 0 Å². The fourth-order valence-electron chi connectivity index (χ4n) is 2.03. The number of amides is 2. The molecule has 1 aliphatic carbocycles. The first-order valence-electron chi connectivity index (χ1n) is 7.02. The highest BCUT2D eigenvalue weighted by Crippen LogP contribution is 2.34. The van der Waals surface area contributed by atoms with Crippen molar-refractivity contribution in [2.75, 3.05) is 12.0 Å². The van der Waals surface area contributed by atoms with Gasteiger partial charge in [0.2, 0.25) is 5.91 Å². The van der Waals surface area contributed by atoms with Crippen molar-refractivity contribution in [3.05, 3.63) is 35.9 Å². The van der Waals surface area contributed by atoms with E-state index in [1.54, 1.807) is 30.3 Å². The minimum atomic E-state index is -3.50. The molecule has 0 bridgehead atoms. The van der Waals surface area contributed by atoms with Gasteiger partial charge in [0.1, 0.15) is 21.4 Å². The summed E-state index contributed by atoms with van der Waals surface area (Å²) in [7, 11) is -3.50. The molecule has 0 aliphatic heterocycles. The molecular weight excluding hydrogens is 318 g/mol. The van der Waals surface area contributed by atoms with Crippen LogP contribution < -0.4 is 10.6 Å². The van der Waals surface area contributed by atoms with Crippen LogP contribution in [0.1, 0.15) is 23.2 Å². The van der Waals surface area contributed by atoms with E-state index in [2.05, 4.69) is 10.6 Å². The number of nitrogens with one attached hydrogen (secondary N) is 2. The Kier molecular flexibility index (Phi) is 4.71. The van der Waals surface area contributed by atoms with E-state index in [1.165, 1.54) is 0 Å². The van der Waals surface area contributed by atoms with E-state index in [0.29, 0.717) is 18.4 Å². The number of carbonyl (C=O) groups is 2. The number of nitriles is 1. The highest BCUT2D eigenvalue weighted by atomic mass is 32.2. The van der Waals surface area contributed by atoms with Gasteiger partial charge in [-0.25, -0.2) is 8.42 Å². The zero-order valence-electron chi connectivity index (χ0n) is 12.6. The lowest BCUT2D eigenvalue weighted by Crippen LogP contribution is -2.53. The molecule has 23 heavy (non-hydrogen) atoms. The molecule has 2 rings (SSSR count). The van der Waals surface area contributed by atoms with Crippen LogP contribution in [0.5, 0.6) is 0 Å². The van der Waals surface area contributed by atoms with Crippen LogP contribution in [0.15, 0.2) is 30.3 Å². The van der Waals surface area contributed by atoms with Crippen LogP contribution in [0.4, 0.5) is 0 Å².